The Kier molecular flexibility index (Phi) is 15.4. The van der Waals surface area contributed by atoms with E-state index in [0.717, 1.165) is 29.0 Å². The summed E-state index contributed by atoms with van der Waals surface area (Å²) in [5.41, 5.74) is 4.62. The van der Waals surface area contributed by atoms with Crippen LogP contribution in [-0.2, 0) is 50.7 Å². The van der Waals surface area contributed by atoms with E-state index >= 15 is 0 Å². The lowest BCUT2D eigenvalue weighted by Crippen LogP contribution is -2.46. The van der Waals surface area contributed by atoms with Crippen molar-refractivity contribution in [1.29, 1.82) is 0 Å². The first-order chi connectivity index (χ1) is 24.4. The van der Waals surface area contributed by atoms with Gasteiger partial charge in [-0.15, -0.1) is 0 Å². The molecule has 1 fully saturated rings. The van der Waals surface area contributed by atoms with Gasteiger partial charge in [0.05, 0.1) is 19.5 Å². The van der Waals surface area contributed by atoms with Gasteiger partial charge in [0.25, 0.3) is 0 Å². The number of phosphoric acid groups is 3. The van der Waals surface area contributed by atoms with Crippen LogP contribution in [0.25, 0.3) is 11.2 Å². The monoisotopic (exact) mass is 835 g/mol. The molecule has 0 saturated carbocycles. The van der Waals surface area contributed by atoms with E-state index < -0.39 is 84.6 Å². The van der Waals surface area contributed by atoms with Crippen molar-refractivity contribution in [2.75, 3.05) is 37.8 Å². The highest BCUT2D eigenvalue weighted by Gasteiger charge is 2.50. The van der Waals surface area contributed by atoms with Crippen LogP contribution >= 0.6 is 35.2 Å². The van der Waals surface area contributed by atoms with E-state index in [1.54, 1.807) is 6.92 Å². The number of aromatic nitrogens is 4. The average Bonchev–Trinajstić information content (AvgIpc) is 3.60. The first-order valence-corrected chi connectivity index (χ1v) is 20.7. The van der Waals surface area contributed by atoms with E-state index in [1.807, 2.05) is 0 Å². The summed E-state index contributed by atoms with van der Waals surface area (Å²) in [6, 6.07) is 0. The minimum absolute atomic E-state index is 0.0291. The van der Waals surface area contributed by atoms with Gasteiger partial charge in [-0.05, 0) is 12.5 Å². The summed E-state index contributed by atoms with van der Waals surface area (Å²) in [4.78, 5) is 86.8. The number of hydrogen-bond acceptors (Lipinski definition) is 18. The molecule has 0 radical (unpaired) electrons. The fourth-order valence-electron chi connectivity index (χ4n) is 4.40. The summed E-state index contributed by atoms with van der Waals surface area (Å²) in [6.45, 7) is 5.52. The van der Waals surface area contributed by atoms with Gasteiger partial charge in [-0.1, -0.05) is 32.2 Å². The normalized spacial score (nSPS) is 22.1. The van der Waals surface area contributed by atoms with Crippen LogP contribution in [0.15, 0.2) is 24.8 Å². The molecule has 2 amide bonds. The van der Waals surface area contributed by atoms with Crippen molar-refractivity contribution >= 4 is 69.1 Å². The van der Waals surface area contributed by atoms with Gasteiger partial charge >= 0.3 is 23.5 Å². The maximum absolute atomic E-state index is 12.6. The Hall–Kier alpha value is -2.70. The Balaban J connectivity index is 1.53. The maximum Gasteiger partial charge on any atom is 0.481 e. The average molecular weight is 836 g/mol. The highest BCUT2D eigenvalue weighted by atomic mass is 32.2. The highest BCUT2D eigenvalue weighted by Crippen LogP contribution is 2.61. The molecule has 0 bridgehead atoms. The second kappa shape index (κ2) is 18.3. The first kappa shape index (κ1) is 44.7. The highest BCUT2D eigenvalue weighted by molar-refractivity contribution is 8.14. The zero-order valence-corrected chi connectivity index (χ0v) is 31.8. The minimum Gasteiger partial charge on any atom is -0.386 e. The quantitative estimate of drug-likeness (QED) is 0.0449. The second-order valence-electron chi connectivity index (χ2n) is 12.0. The van der Waals surface area contributed by atoms with Crippen molar-refractivity contribution in [3.05, 3.63) is 24.8 Å². The number of phosphoric ester groups is 3. The number of hydrogen-bond donors (Lipinski definition) is 9. The number of ether oxygens (including phenoxy) is 1. The van der Waals surface area contributed by atoms with Gasteiger partial charge in [-0.3, -0.25) is 32.5 Å². The van der Waals surface area contributed by atoms with Crippen molar-refractivity contribution in [2.45, 2.75) is 57.8 Å². The number of thioether (sulfide) groups is 1. The summed E-state index contributed by atoms with van der Waals surface area (Å²) < 4.78 is 61.9. The second-order valence-corrected chi connectivity index (χ2v) is 17.3. The summed E-state index contributed by atoms with van der Waals surface area (Å²) >= 11 is 0.979. The fourth-order valence-corrected chi connectivity index (χ4v) is 7.86. The number of nitrogens with zero attached hydrogens (tertiary/aromatic N) is 4. The van der Waals surface area contributed by atoms with Crippen molar-refractivity contribution in [3.63, 3.8) is 0 Å². The lowest BCUT2D eigenvalue weighted by atomic mass is 9.87. The van der Waals surface area contributed by atoms with Crippen LogP contribution in [0.3, 0.4) is 0 Å². The van der Waals surface area contributed by atoms with Gasteiger partial charge in [0.15, 0.2) is 17.7 Å². The summed E-state index contributed by atoms with van der Waals surface area (Å²) in [5, 5.41) is 26.0. The zero-order valence-electron chi connectivity index (χ0n) is 28.3. The molecule has 3 rings (SSSR count). The third-order valence-electron chi connectivity index (χ3n) is 7.08. The zero-order chi connectivity index (χ0) is 39.9. The topological polar surface area (TPSA) is 364 Å². The number of carbonyl (C=O) groups excluding carboxylic acids is 3. The van der Waals surface area contributed by atoms with E-state index in [4.69, 9.17) is 19.5 Å². The molecule has 0 aliphatic carbocycles. The van der Waals surface area contributed by atoms with Crippen molar-refractivity contribution < 1.29 is 80.5 Å². The van der Waals surface area contributed by atoms with E-state index in [-0.39, 0.29) is 41.6 Å². The molecule has 2 unspecified atom stereocenters. The van der Waals surface area contributed by atoms with Crippen LogP contribution in [0.2, 0.25) is 0 Å². The summed E-state index contributed by atoms with van der Waals surface area (Å²) in [6.07, 6.45) is -6.93. The van der Waals surface area contributed by atoms with Crippen LogP contribution in [-0.4, -0.2) is 123 Å². The van der Waals surface area contributed by atoms with Gasteiger partial charge < -0.3 is 50.9 Å². The Bertz CT molecular complexity index is 1810. The molecule has 10 N–H and O–H groups in total. The molecular formula is C25H40N7O17P3S. The lowest BCUT2D eigenvalue weighted by molar-refractivity contribution is -0.137. The Morgan fingerprint density at radius 2 is 1.75 bits per heavy atom. The molecule has 2 aromatic rings. The lowest BCUT2D eigenvalue weighted by Gasteiger charge is -2.30. The number of fused-ring (bicyclic) bond motifs is 1. The fraction of sp³-hybridized carbons (Fsp3) is 0.600. The largest absolute Gasteiger partial charge is 0.481 e. The van der Waals surface area contributed by atoms with Crippen molar-refractivity contribution in [1.82, 2.24) is 30.2 Å². The number of rotatable bonds is 20. The molecule has 24 nitrogen and oxygen atoms in total. The smallest absolute Gasteiger partial charge is 0.386 e. The van der Waals surface area contributed by atoms with Crippen molar-refractivity contribution in [3.8, 4) is 0 Å². The first-order valence-electron chi connectivity index (χ1n) is 15.1. The van der Waals surface area contributed by atoms with Gasteiger partial charge in [-0.25, -0.2) is 28.6 Å². The summed E-state index contributed by atoms with van der Waals surface area (Å²) in [5.74, 6) is -1.17. The number of aliphatic hydroxyl groups is 2. The molecule has 298 valence electrons. The van der Waals surface area contributed by atoms with E-state index in [9.17, 15) is 57.9 Å². The molecule has 0 spiro atoms. The van der Waals surface area contributed by atoms with Gasteiger partial charge in [-0.2, -0.15) is 4.31 Å². The van der Waals surface area contributed by atoms with Crippen LogP contribution < -0.4 is 16.4 Å². The van der Waals surface area contributed by atoms with E-state index in [0.29, 0.717) is 11.3 Å². The number of nitrogens with two attached hydrogens (primary N) is 1. The van der Waals surface area contributed by atoms with E-state index in [2.05, 4.69) is 41.0 Å². The molecule has 53 heavy (non-hydrogen) atoms. The SMILES string of the molecule is C=C(C)C(=O)SCCNC(=O)CCNC(=O)[C@@H](O)C(C)(C)COP(=O)(O)OP(=O)(O)OC[C@@H]1O[C@@H](n2cnc3c(N)ncnc32)[C@H](O)[C@H]1OP(=O)(O)O. The molecule has 28 heteroatoms. The van der Waals surface area contributed by atoms with Gasteiger partial charge in [0.2, 0.25) is 16.9 Å². The third kappa shape index (κ3) is 13.2. The van der Waals surface area contributed by atoms with Gasteiger partial charge in [0, 0.05) is 30.7 Å². The number of nitrogen functional groups attached to an aromatic ring is 1. The predicted molar refractivity (Wildman–Crippen MR) is 182 cm³/mol. The number of amides is 2. The molecule has 1 aliphatic heterocycles. The Morgan fingerprint density at radius 3 is 2.40 bits per heavy atom. The van der Waals surface area contributed by atoms with Crippen LogP contribution in [0, 0.1) is 5.41 Å². The van der Waals surface area contributed by atoms with Crippen LogP contribution in [0.1, 0.15) is 33.4 Å². The minimum atomic E-state index is -5.57. The number of aliphatic hydroxyl groups excluding tert-OH is 2. The van der Waals surface area contributed by atoms with Gasteiger partial charge in [0.1, 0.15) is 36.3 Å². The van der Waals surface area contributed by atoms with Crippen LogP contribution in [0.5, 0.6) is 0 Å². The maximum atomic E-state index is 12.6. The number of carbonyl (C=O) groups is 3. The molecule has 3 heterocycles. The summed E-state index contributed by atoms with van der Waals surface area (Å²) in [7, 11) is -16.4. The third-order valence-corrected chi connectivity index (χ3v) is 11.2. The van der Waals surface area contributed by atoms with Crippen LogP contribution in [0.4, 0.5) is 5.82 Å². The molecule has 2 aromatic heterocycles. The predicted octanol–water partition coefficient (Wildman–Crippen LogP) is -0.759. The molecule has 1 aliphatic rings. The number of imidazole rings is 1. The van der Waals surface area contributed by atoms with Crippen molar-refractivity contribution in [2.24, 2.45) is 5.41 Å². The standard InChI is InChI=1S/C25H40N7O17P3S/c1-13(2)24(37)53-8-7-27-15(33)5-6-28-22(36)19(35)25(3,4)10-46-52(43,44)49-51(41,42)45-9-14-18(48-50(38,39)40)17(34)23(47-14)32-12-31-16-20(26)29-11-30-21(16)32/h11-12,14,17-19,23,34-35H,1,5-10H2,2-4H3,(H,27,33)(H,28,36)(H,41,42)(H,43,44)(H2,26,29,30)(H2,38,39,40)/t14-,17+,18-,19+,23+/m0/s1. The Labute approximate surface area is 305 Å². The number of anilines is 1. The molecule has 1 saturated heterocycles. The molecule has 0 aromatic carbocycles. The molecular weight excluding hydrogens is 795 g/mol. The molecule has 7 atom stereocenters. The number of nitrogens with one attached hydrogen (secondary N) is 2. The Morgan fingerprint density at radius 1 is 1.09 bits per heavy atom. The van der Waals surface area contributed by atoms with E-state index in [1.165, 1.54) is 13.8 Å².